The molecule has 0 unspecified atom stereocenters. The van der Waals surface area contributed by atoms with E-state index in [1.807, 2.05) is 0 Å². The standard InChI is InChI=1S/C35H31ClF2N6O7S/c1-51-28-7-3-26(4-8-28)43-34(40-31-19-23(36)2-11-30(31)35(43)46)32(18-22-16-24(37)20-25(38)17-22)39-33(45)21-41-12-14-42(15-13-41)52(49,50)29-9-5-27(6-10-29)44(47)48/h2-11,16-17,19-20,32H,12-15,18,21H2,1H3,(H,39,45)/t32-/m0/s1. The number of non-ortho nitro benzene ring substituents is 1. The highest BCUT2D eigenvalue weighted by molar-refractivity contribution is 7.89. The third-order valence-corrected chi connectivity index (χ3v) is 10.7. The smallest absolute Gasteiger partial charge is 0.269 e. The number of carbonyl (C=O) groups excluding carboxylic acids is 1. The van der Waals surface area contributed by atoms with Gasteiger partial charge in [0.05, 0.1) is 46.1 Å². The monoisotopic (exact) mass is 752 g/mol. The van der Waals surface area contributed by atoms with Gasteiger partial charge in [0.2, 0.25) is 15.9 Å². The number of fused-ring (bicyclic) bond motifs is 1. The zero-order valence-electron chi connectivity index (χ0n) is 27.5. The number of halogens is 3. The second-order valence-corrected chi connectivity index (χ2v) is 14.4. The SMILES string of the molecule is COc1ccc(-n2c([C@H](Cc3cc(F)cc(F)c3)NC(=O)CN3CCN(S(=O)(=O)c4ccc([N+](=O)[O-])cc4)CC3)nc3cc(Cl)ccc3c2=O)cc1. The molecule has 270 valence electrons. The molecule has 4 aromatic carbocycles. The van der Waals surface area contributed by atoms with E-state index in [1.54, 1.807) is 35.2 Å². The zero-order valence-corrected chi connectivity index (χ0v) is 29.1. The van der Waals surface area contributed by atoms with Crippen LogP contribution in [0.25, 0.3) is 16.6 Å². The molecule has 1 aliphatic rings. The summed E-state index contributed by atoms with van der Waals surface area (Å²) in [6, 6.07) is 17.6. The predicted octanol–water partition coefficient (Wildman–Crippen LogP) is 4.64. The van der Waals surface area contributed by atoms with Crippen molar-refractivity contribution in [1.29, 1.82) is 0 Å². The summed E-state index contributed by atoms with van der Waals surface area (Å²) in [7, 11) is -2.45. The number of rotatable bonds is 11. The molecular formula is C35H31ClF2N6O7S. The van der Waals surface area contributed by atoms with Gasteiger partial charge in [-0.1, -0.05) is 11.6 Å². The topological polar surface area (TPSA) is 157 Å². The minimum Gasteiger partial charge on any atom is -0.497 e. The Kier molecular flexibility index (Phi) is 10.6. The molecule has 0 saturated carbocycles. The summed E-state index contributed by atoms with van der Waals surface area (Å²) in [5.41, 5.74) is 0.109. The van der Waals surface area contributed by atoms with Crippen molar-refractivity contribution in [3.8, 4) is 11.4 Å². The molecule has 13 nitrogen and oxygen atoms in total. The number of sulfonamides is 1. The van der Waals surface area contributed by atoms with Gasteiger partial charge >= 0.3 is 0 Å². The minimum absolute atomic E-state index is 0.0442. The van der Waals surface area contributed by atoms with E-state index >= 15 is 0 Å². The molecular weight excluding hydrogens is 722 g/mol. The van der Waals surface area contributed by atoms with Gasteiger partial charge in [0.25, 0.3) is 11.2 Å². The average molecular weight is 753 g/mol. The average Bonchev–Trinajstić information content (AvgIpc) is 3.11. The molecule has 1 aliphatic heterocycles. The predicted molar refractivity (Wildman–Crippen MR) is 188 cm³/mol. The Bertz CT molecular complexity index is 2300. The molecule has 0 aliphatic carbocycles. The van der Waals surface area contributed by atoms with Crippen molar-refractivity contribution in [2.45, 2.75) is 17.4 Å². The molecule has 1 saturated heterocycles. The number of amides is 1. The largest absolute Gasteiger partial charge is 0.497 e. The number of ether oxygens (including phenoxy) is 1. The van der Waals surface area contributed by atoms with Crippen LogP contribution >= 0.6 is 11.6 Å². The highest BCUT2D eigenvalue weighted by Gasteiger charge is 2.31. The molecule has 6 rings (SSSR count). The quantitative estimate of drug-likeness (QED) is 0.150. The van der Waals surface area contributed by atoms with Crippen LogP contribution in [-0.2, 0) is 21.2 Å². The number of piperazine rings is 1. The van der Waals surface area contributed by atoms with Gasteiger partial charge in [0.1, 0.15) is 23.2 Å². The number of benzene rings is 4. The molecule has 1 fully saturated rings. The maximum Gasteiger partial charge on any atom is 0.269 e. The van der Waals surface area contributed by atoms with Crippen LogP contribution in [0.3, 0.4) is 0 Å². The van der Waals surface area contributed by atoms with E-state index in [2.05, 4.69) is 5.32 Å². The number of hydrogen-bond donors (Lipinski definition) is 1. The van der Waals surface area contributed by atoms with Gasteiger partial charge < -0.3 is 10.1 Å². The molecule has 1 N–H and O–H groups in total. The van der Waals surface area contributed by atoms with Crippen LogP contribution in [-0.4, -0.2) is 77.8 Å². The first-order chi connectivity index (χ1) is 24.8. The van der Waals surface area contributed by atoms with E-state index in [0.717, 1.165) is 30.3 Å². The van der Waals surface area contributed by atoms with Gasteiger partial charge in [0, 0.05) is 55.8 Å². The Balaban J connectivity index is 1.29. The fourth-order valence-electron chi connectivity index (χ4n) is 6.02. The van der Waals surface area contributed by atoms with E-state index in [-0.39, 0.29) is 72.0 Å². The fourth-order valence-corrected chi connectivity index (χ4v) is 7.61. The van der Waals surface area contributed by atoms with E-state index in [4.69, 9.17) is 21.3 Å². The molecule has 0 spiro atoms. The molecule has 1 aromatic heterocycles. The Morgan fingerprint density at radius 1 is 0.981 bits per heavy atom. The summed E-state index contributed by atoms with van der Waals surface area (Å²) >= 11 is 6.25. The number of aromatic nitrogens is 2. The number of nitro groups is 1. The molecule has 5 aromatic rings. The minimum atomic E-state index is -3.95. The number of nitrogens with zero attached hydrogens (tertiary/aromatic N) is 5. The molecule has 2 heterocycles. The highest BCUT2D eigenvalue weighted by atomic mass is 35.5. The maximum absolute atomic E-state index is 14.4. The van der Waals surface area contributed by atoms with E-state index in [1.165, 1.54) is 40.2 Å². The van der Waals surface area contributed by atoms with Gasteiger partial charge in [-0.25, -0.2) is 22.2 Å². The summed E-state index contributed by atoms with van der Waals surface area (Å²) in [5, 5.41) is 14.4. The third kappa shape index (κ3) is 7.94. The Morgan fingerprint density at radius 3 is 2.25 bits per heavy atom. The van der Waals surface area contributed by atoms with E-state index < -0.39 is 44.1 Å². The van der Waals surface area contributed by atoms with E-state index in [9.17, 15) is 36.9 Å². The van der Waals surface area contributed by atoms with Crippen molar-refractivity contribution in [3.63, 3.8) is 0 Å². The zero-order chi connectivity index (χ0) is 37.2. The number of nitrogens with one attached hydrogen (secondary N) is 1. The van der Waals surface area contributed by atoms with Crippen LogP contribution < -0.4 is 15.6 Å². The van der Waals surface area contributed by atoms with Crippen LogP contribution in [0, 0.1) is 21.7 Å². The molecule has 17 heteroatoms. The Morgan fingerprint density at radius 2 is 1.63 bits per heavy atom. The molecule has 52 heavy (non-hydrogen) atoms. The fraction of sp³-hybridized carbons (Fsp3) is 0.229. The second-order valence-electron chi connectivity index (χ2n) is 12.0. The number of hydrogen-bond acceptors (Lipinski definition) is 9. The van der Waals surface area contributed by atoms with Crippen LogP contribution in [0.1, 0.15) is 17.4 Å². The van der Waals surface area contributed by atoms with Crippen LogP contribution in [0.2, 0.25) is 5.02 Å². The van der Waals surface area contributed by atoms with Crippen LogP contribution in [0.4, 0.5) is 14.5 Å². The Labute approximate surface area is 301 Å². The van der Waals surface area contributed by atoms with Gasteiger partial charge in [-0.15, -0.1) is 0 Å². The van der Waals surface area contributed by atoms with Crippen molar-refractivity contribution in [3.05, 3.63) is 133 Å². The highest BCUT2D eigenvalue weighted by Crippen LogP contribution is 2.26. The molecule has 0 radical (unpaired) electrons. The second kappa shape index (κ2) is 15.1. The lowest BCUT2D eigenvalue weighted by Crippen LogP contribution is -2.51. The Hall–Kier alpha value is -5.29. The van der Waals surface area contributed by atoms with E-state index in [0.29, 0.717) is 16.5 Å². The number of methoxy groups -OCH3 is 1. The summed E-state index contributed by atoms with van der Waals surface area (Å²) in [5.74, 6) is -1.57. The van der Waals surface area contributed by atoms with Crippen LogP contribution in [0.15, 0.2) is 94.6 Å². The lowest BCUT2D eigenvalue weighted by atomic mass is 10.0. The molecule has 0 bridgehead atoms. The van der Waals surface area contributed by atoms with Crippen LogP contribution in [0.5, 0.6) is 5.75 Å². The first-order valence-electron chi connectivity index (χ1n) is 15.9. The van der Waals surface area contributed by atoms with Gasteiger partial charge in [0.15, 0.2) is 0 Å². The number of nitro benzene ring substituents is 1. The van der Waals surface area contributed by atoms with Crippen molar-refractivity contribution < 1.29 is 31.7 Å². The van der Waals surface area contributed by atoms with Gasteiger partial charge in [-0.3, -0.25) is 29.2 Å². The number of carbonyl (C=O) groups is 1. The summed E-state index contributed by atoms with van der Waals surface area (Å²) in [6.07, 6.45) is -0.156. The lowest BCUT2D eigenvalue weighted by molar-refractivity contribution is -0.384. The molecule has 1 atom stereocenters. The maximum atomic E-state index is 14.4. The summed E-state index contributed by atoms with van der Waals surface area (Å²) in [6.45, 7) is 0.280. The third-order valence-electron chi connectivity index (χ3n) is 8.58. The van der Waals surface area contributed by atoms with Crippen molar-refractivity contribution >= 4 is 44.1 Å². The van der Waals surface area contributed by atoms with Crippen molar-refractivity contribution in [1.82, 2.24) is 24.1 Å². The summed E-state index contributed by atoms with van der Waals surface area (Å²) < 4.78 is 62.9. The molecule has 1 amide bonds. The van der Waals surface area contributed by atoms with Gasteiger partial charge in [-0.05, 0) is 72.3 Å². The van der Waals surface area contributed by atoms with Crippen molar-refractivity contribution in [2.24, 2.45) is 0 Å². The summed E-state index contributed by atoms with van der Waals surface area (Å²) in [4.78, 5) is 44.5. The van der Waals surface area contributed by atoms with Crippen molar-refractivity contribution in [2.75, 3.05) is 39.8 Å². The normalized spacial score (nSPS) is 14.6. The van der Waals surface area contributed by atoms with Gasteiger partial charge in [-0.2, -0.15) is 4.31 Å². The lowest BCUT2D eigenvalue weighted by Gasteiger charge is -2.34. The first kappa shape index (κ1) is 36.5. The first-order valence-corrected chi connectivity index (χ1v) is 17.7.